The number of para-hydroxylation sites is 1. The Morgan fingerprint density at radius 2 is 1.79 bits per heavy atom. The third kappa shape index (κ3) is 4.13. The van der Waals surface area contributed by atoms with Gasteiger partial charge in [0.2, 0.25) is 0 Å². The molecular formula is C15H15Cl2NO. The van der Waals surface area contributed by atoms with E-state index in [-0.39, 0.29) is 0 Å². The van der Waals surface area contributed by atoms with Crippen LogP contribution in [0.25, 0.3) is 0 Å². The second-order valence-electron chi connectivity index (χ2n) is 4.24. The average molecular weight is 296 g/mol. The van der Waals surface area contributed by atoms with Crippen LogP contribution in [0.2, 0.25) is 10.0 Å². The number of ether oxygens (including phenoxy) is 1. The second-order valence-corrected chi connectivity index (χ2v) is 5.08. The summed E-state index contributed by atoms with van der Waals surface area (Å²) in [6, 6.07) is 13.1. The molecule has 0 spiro atoms. The Hall–Kier alpha value is -1.22. The normalized spacial score (nSPS) is 10.6. The lowest BCUT2D eigenvalue weighted by molar-refractivity contribution is 0.124. The molecule has 0 atom stereocenters. The zero-order valence-corrected chi connectivity index (χ0v) is 11.9. The van der Waals surface area contributed by atoms with Crippen molar-refractivity contribution >= 4 is 28.9 Å². The van der Waals surface area contributed by atoms with E-state index in [1.807, 2.05) is 30.3 Å². The van der Waals surface area contributed by atoms with E-state index in [0.717, 1.165) is 23.2 Å². The number of hydrogen-bond acceptors (Lipinski definition) is 2. The van der Waals surface area contributed by atoms with E-state index in [9.17, 15) is 0 Å². The van der Waals surface area contributed by atoms with Crippen LogP contribution in [0.1, 0.15) is 11.1 Å². The van der Waals surface area contributed by atoms with Gasteiger partial charge < -0.3 is 10.5 Å². The topological polar surface area (TPSA) is 35.2 Å². The Balaban J connectivity index is 1.84. The van der Waals surface area contributed by atoms with Gasteiger partial charge in [-0.2, -0.15) is 0 Å². The van der Waals surface area contributed by atoms with Gasteiger partial charge in [-0.3, -0.25) is 0 Å². The molecule has 0 aliphatic heterocycles. The number of benzene rings is 2. The fourth-order valence-corrected chi connectivity index (χ4v) is 2.15. The molecule has 0 radical (unpaired) electrons. The maximum atomic E-state index is 6.06. The lowest BCUT2D eigenvalue weighted by Gasteiger charge is -2.08. The minimum Gasteiger partial charge on any atom is -0.399 e. The van der Waals surface area contributed by atoms with Crippen LogP contribution in [0.5, 0.6) is 0 Å². The summed E-state index contributed by atoms with van der Waals surface area (Å²) in [5.41, 5.74) is 8.66. The van der Waals surface area contributed by atoms with Gasteiger partial charge in [0.05, 0.1) is 13.2 Å². The lowest BCUT2D eigenvalue weighted by atomic mass is 10.1. The highest BCUT2D eigenvalue weighted by molar-refractivity contribution is 6.33. The molecule has 0 aliphatic rings. The fourth-order valence-electron chi connectivity index (χ4n) is 1.78. The number of hydrogen-bond donors (Lipinski definition) is 1. The summed E-state index contributed by atoms with van der Waals surface area (Å²) in [4.78, 5) is 0. The molecule has 19 heavy (non-hydrogen) atoms. The first-order chi connectivity index (χ1) is 9.16. The quantitative estimate of drug-likeness (QED) is 0.658. The standard InChI is InChI=1S/C15H15Cl2NO/c16-13-5-6-14(17)12(9-13)10-19-8-7-11-3-1-2-4-15(11)18/h1-6,9H,7-8,10,18H2. The van der Waals surface area contributed by atoms with Crippen LogP contribution in [0.4, 0.5) is 5.69 Å². The Labute approximate surface area is 123 Å². The molecule has 2 N–H and O–H groups in total. The van der Waals surface area contributed by atoms with E-state index in [1.54, 1.807) is 12.1 Å². The van der Waals surface area contributed by atoms with E-state index in [0.29, 0.717) is 23.3 Å². The van der Waals surface area contributed by atoms with E-state index >= 15 is 0 Å². The first-order valence-electron chi connectivity index (χ1n) is 6.02. The van der Waals surface area contributed by atoms with Crippen molar-refractivity contribution in [2.75, 3.05) is 12.3 Å². The number of nitrogen functional groups attached to an aromatic ring is 1. The van der Waals surface area contributed by atoms with Crippen molar-refractivity contribution in [2.45, 2.75) is 13.0 Å². The Morgan fingerprint density at radius 3 is 2.58 bits per heavy atom. The molecule has 2 nitrogen and oxygen atoms in total. The fraction of sp³-hybridized carbons (Fsp3) is 0.200. The summed E-state index contributed by atoms with van der Waals surface area (Å²) in [7, 11) is 0. The number of nitrogens with two attached hydrogens (primary N) is 1. The summed E-state index contributed by atoms with van der Waals surface area (Å²) in [5, 5.41) is 1.33. The van der Waals surface area contributed by atoms with Crippen molar-refractivity contribution < 1.29 is 4.74 Å². The Bertz CT molecular complexity index is 558. The molecular weight excluding hydrogens is 281 g/mol. The molecule has 0 saturated carbocycles. The van der Waals surface area contributed by atoms with Gasteiger partial charge in [-0.1, -0.05) is 41.4 Å². The largest absolute Gasteiger partial charge is 0.399 e. The molecule has 2 rings (SSSR count). The van der Waals surface area contributed by atoms with Gasteiger partial charge in [-0.05, 0) is 41.8 Å². The molecule has 4 heteroatoms. The number of anilines is 1. The van der Waals surface area contributed by atoms with Gasteiger partial charge in [0.1, 0.15) is 0 Å². The minimum absolute atomic E-state index is 0.451. The molecule has 0 saturated heterocycles. The molecule has 0 fully saturated rings. The second kappa shape index (κ2) is 6.80. The van der Waals surface area contributed by atoms with Crippen molar-refractivity contribution in [3.05, 3.63) is 63.6 Å². The van der Waals surface area contributed by atoms with Crippen LogP contribution in [-0.4, -0.2) is 6.61 Å². The maximum Gasteiger partial charge on any atom is 0.0732 e. The predicted molar refractivity (Wildman–Crippen MR) is 80.7 cm³/mol. The third-order valence-electron chi connectivity index (χ3n) is 2.84. The number of halogens is 2. The van der Waals surface area contributed by atoms with Gasteiger partial charge >= 0.3 is 0 Å². The highest BCUT2D eigenvalue weighted by atomic mass is 35.5. The van der Waals surface area contributed by atoms with Crippen LogP contribution in [0.3, 0.4) is 0 Å². The molecule has 0 unspecified atom stereocenters. The highest BCUT2D eigenvalue weighted by Crippen LogP contribution is 2.21. The monoisotopic (exact) mass is 295 g/mol. The SMILES string of the molecule is Nc1ccccc1CCOCc1cc(Cl)ccc1Cl. The molecule has 0 aromatic heterocycles. The summed E-state index contributed by atoms with van der Waals surface area (Å²) >= 11 is 12.0. The van der Waals surface area contributed by atoms with Crippen LogP contribution in [0.15, 0.2) is 42.5 Å². The van der Waals surface area contributed by atoms with Gasteiger partial charge in [0.25, 0.3) is 0 Å². The van der Waals surface area contributed by atoms with Crippen LogP contribution < -0.4 is 5.73 Å². The van der Waals surface area contributed by atoms with Crippen molar-refractivity contribution in [1.29, 1.82) is 0 Å². The molecule has 100 valence electrons. The van der Waals surface area contributed by atoms with Crippen molar-refractivity contribution in [2.24, 2.45) is 0 Å². The molecule has 2 aromatic rings. The summed E-state index contributed by atoms with van der Waals surface area (Å²) in [6.45, 7) is 1.04. The summed E-state index contributed by atoms with van der Waals surface area (Å²) in [5.74, 6) is 0. The zero-order chi connectivity index (χ0) is 13.7. The van der Waals surface area contributed by atoms with Crippen molar-refractivity contribution in [3.63, 3.8) is 0 Å². The lowest BCUT2D eigenvalue weighted by Crippen LogP contribution is -2.02. The molecule has 0 amide bonds. The van der Waals surface area contributed by atoms with E-state index in [2.05, 4.69) is 0 Å². The van der Waals surface area contributed by atoms with Crippen molar-refractivity contribution in [1.82, 2.24) is 0 Å². The van der Waals surface area contributed by atoms with Gasteiger partial charge in [-0.15, -0.1) is 0 Å². The smallest absolute Gasteiger partial charge is 0.0732 e. The molecule has 0 aliphatic carbocycles. The first-order valence-corrected chi connectivity index (χ1v) is 6.77. The number of rotatable bonds is 5. The highest BCUT2D eigenvalue weighted by Gasteiger charge is 2.02. The van der Waals surface area contributed by atoms with Gasteiger partial charge in [0.15, 0.2) is 0 Å². The third-order valence-corrected chi connectivity index (χ3v) is 3.44. The minimum atomic E-state index is 0.451. The van der Waals surface area contributed by atoms with E-state index < -0.39 is 0 Å². The van der Waals surface area contributed by atoms with Gasteiger partial charge in [-0.25, -0.2) is 0 Å². The predicted octanol–water partition coefficient (Wildman–Crippen LogP) is 4.33. The maximum absolute atomic E-state index is 6.06. The van der Waals surface area contributed by atoms with Crippen LogP contribution in [-0.2, 0) is 17.8 Å². The Morgan fingerprint density at radius 1 is 1.00 bits per heavy atom. The van der Waals surface area contributed by atoms with Crippen LogP contribution in [0, 0.1) is 0 Å². The van der Waals surface area contributed by atoms with Crippen LogP contribution >= 0.6 is 23.2 Å². The molecule has 2 aromatic carbocycles. The molecule has 0 heterocycles. The summed E-state index contributed by atoms with van der Waals surface area (Å²) < 4.78 is 5.62. The van der Waals surface area contributed by atoms with E-state index in [4.69, 9.17) is 33.7 Å². The van der Waals surface area contributed by atoms with Crippen molar-refractivity contribution in [3.8, 4) is 0 Å². The zero-order valence-electron chi connectivity index (χ0n) is 10.4. The van der Waals surface area contributed by atoms with E-state index in [1.165, 1.54) is 0 Å². The first kappa shape index (κ1) is 14.2. The molecule has 0 bridgehead atoms. The average Bonchev–Trinajstić information content (AvgIpc) is 2.40. The Kier molecular flexibility index (Phi) is 5.08. The van der Waals surface area contributed by atoms with Gasteiger partial charge in [0, 0.05) is 15.7 Å². The summed E-state index contributed by atoms with van der Waals surface area (Å²) in [6.07, 6.45) is 0.783.